The fourth-order valence-corrected chi connectivity index (χ4v) is 0.487. The van der Waals surface area contributed by atoms with Crippen molar-refractivity contribution in [3.05, 3.63) is 32.9 Å². The second-order valence-corrected chi connectivity index (χ2v) is 1.57. The van der Waals surface area contributed by atoms with E-state index in [0.29, 0.717) is 6.20 Å². The van der Waals surface area contributed by atoms with Crippen LogP contribution in [0.2, 0.25) is 0 Å². The predicted molar refractivity (Wildman–Crippen MR) is 33.6 cm³/mol. The normalized spacial score (nSPS) is 8.82. The smallest absolute Gasteiger partial charge is 0.301 e. The SMILES string of the molecule is [N-]=[N+]=Nc1[nH]c(=O)ncc1F. The average molecular weight is 155 g/mol. The summed E-state index contributed by atoms with van der Waals surface area (Å²) in [5.74, 6) is -1.31. The lowest BCUT2D eigenvalue weighted by atomic mass is 10.6. The first-order valence-electron chi connectivity index (χ1n) is 2.54. The van der Waals surface area contributed by atoms with Gasteiger partial charge in [0.05, 0.1) is 6.20 Å². The lowest BCUT2D eigenvalue weighted by molar-refractivity contribution is 0.613. The molecule has 0 aliphatic rings. The summed E-state index contributed by atoms with van der Waals surface area (Å²) in [6, 6.07) is 0. The van der Waals surface area contributed by atoms with Gasteiger partial charge in [-0.1, -0.05) is 0 Å². The summed E-state index contributed by atoms with van der Waals surface area (Å²) >= 11 is 0. The van der Waals surface area contributed by atoms with E-state index in [-0.39, 0.29) is 0 Å². The van der Waals surface area contributed by atoms with Crippen molar-refractivity contribution < 1.29 is 4.39 Å². The molecule has 1 heterocycles. The highest BCUT2D eigenvalue weighted by Gasteiger charge is 1.98. The summed E-state index contributed by atoms with van der Waals surface area (Å²) < 4.78 is 12.5. The van der Waals surface area contributed by atoms with Gasteiger partial charge in [-0.15, -0.1) is 0 Å². The van der Waals surface area contributed by atoms with Crippen LogP contribution < -0.4 is 5.69 Å². The van der Waals surface area contributed by atoms with Gasteiger partial charge in [-0.05, 0) is 10.6 Å². The molecule has 0 aliphatic carbocycles. The molecule has 1 aromatic rings. The van der Waals surface area contributed by atoms with Crippen molar-refractivity contribution in [3.8, 4) is 0 Å². The number of aromatic amines is 1. The maximum atomic E-state index is 12.5. The van der Waals surface area contributed by atoms with Crippen molar-refractivity contribution >= 4 is 5.82 Å². The van der Waals surface area contributed by atoms with Gasteiger partial charge in [-0.25, -0.2) is 9.18 Å². The van der Waals surface area contributed by atoms with E-state index in [1.165, 1.54) is 0 Å². The first-order chi connectivity index (χ1) is 5.24. The van der Waals surface area contributed by atoms with Gasteiger partial charge >= 0.3 is 5.69 Å². The van der Waals surface area contributed by atoms with Crippen LogP contribution in [0.3, 0.4) is 0 Å². The molecule has 0 atom stereocenters. The number of nitrogens with zero attached hydrogens (tertiary/aromatic N) is 4. The fourth-order valence-electron chi connectivity index (χ4n) is 0.487. The number of nitrogens with one attached hydrogen (secondary N) is 1. The van der Waals surface area contributed by atoms with Crippen molar-refractivity contribution in [1.82, 2.24) is 9.97 Å². The van der Waals surface area contributed by atoms with Gasteiger partial charge in [0.15, 0.2) is 5.82 Å². The molecule has 0 amide bonds. The van der Waals surface area contributed by atoms with Crippen molar-refractivity contribution in [3.63, 3.8) is 0 Å². The predicted octanol–water partition coefficient (Wildman–Crippen LogP) is 0.851. The molecule has 11 heavy (non-hydrogen) atoms. The minimum Gasteiger partial charge on any atom is -0.301 e. The van der Waals surface area contributed by atoms with E-state index in [1.54, 1.807) is 0 Å². The molecule has 0 aromatic carbocycles. The molecule has 0 radical (unpaired) electrons. The summed E-state index contributed by atoms with van der Waals surface area (Å²) in [6.45, 7) is 0. The molecule has 0 saturated carbocycles. The lowest BCUT2D eigenvalue weighted by Crippen LogP contribution is -2.09. The van der Waals surface area contributed by atoms with Gasteiger partial charge in [-0.2, -0.15) is 4.98 Å². The number of azide groups is 1. The summed E-state index contributed by atoms with van der Waals surface area (Å²) in [6.07, 6.45) is 0.683. The molecule has 0 aliphatic heterocycles. The molecule has 0 bridgehead atoms. The number of rotatable bonds is 1. The Kier molecular flexibility index (Phi) is 1.84. The highest BCUT2D eigenvalue weighted by Crippen LogP contribution is 2.08. The number of H-pyrrole nitrogens is 1. The van der Waals surface area contributed by atoms with Crippen molar-refractivity contribution in [2.24, 2.45) is 5.11 Å². The zero-order chi connectivity index (χ0) is 8.27. The molecule has 7 heteroatoms. The van der Waals surface area contributed by atoms with Gasteiger partial charge in [-0.3, -0.25) is 0 Å². The molecular weight excluding hydrogens is 153 g/mol. The Morgan fingerprint density at radius 1 is 1.82 bits per heavy atom. The van der Waals surface area contributed by atoms with Crippen molar-refractivity contribution in [2.75, 3.05) is 0 Å². The molecule has 1 aromatic heterocycles. The summed E-state index contributed by atoms with van der Waals surface area (Å²) in [5.41, 5.74) is 7.13. The minimum absolute atomic E-state index is 0.451. The Hall–Kier alpha value is -1.88. The van der Waals surface area contributed by atoms with E-state index >= 15 is 0 Å². The molecule has 0 unspecified atom stereocenters. The monoisotopic (exact) mass is 155 g/mol. The zero-order valence-electron chi connectivity index (χ0n) is 5.15. The largest absolute Gasteiger partial charge is 0.345 e. The Labute approximate surface area is 59.3 Å². The maximum absolute atomic E-state index is 12.5. The van der Waals surface area contributed by atoms with Crippen LogP contribution in [0.25, 0.3) is 10.4 Å². The number of aromatic nitrogens is 2. The Morgan fingerprint density at radius 3 is 3.18 bits per heavy atom. The summed E-state index contributed by atoms with van der Waals surface area (Å²) in [5, 5.41) is 2.88. The quantitative estimate of drug-likeness (QED) is 0.369. The molecule has 6 nitrogen and oxygen atoms in total. The van der Waals surface area contributed by atoms with Gasteiger partial charge in [0.1, 0.15) is 5.82 Å². The molecule has 0 fully saturated rings. The van der Waals surface area contributed by atoms with Gasteiger partial charge < -0.3 is 4.98 Å². The van der Waals surface area contributed by atoms with Crippen LogP contribution in [-0.2, 0) is 0 Å². The highest BCUT2D eigenvalue weighted by atomic mass is 19.1. The van der Waals surface area contributed by atoms with Crippen LogP contribution in [0.1, 0.15) is 0 Å². The van der Waals surface area contributed by atoms with Crippen LogP contribution in [-0.4, -0.2) is 9.97 Å². The second kappa shape index (κ2) is 2.80. The average Bonchev–Trinajstić information content (AvgIpc) is 1.98. The maximum Gasteiger partial charge on any atom is 0.345 e. The number of halogens is 1. The lowest BCUT2D eigenvalue weighted by Gasteiger charge is -1.89. The van der Waals surface area contributed by atoms with Gasteiger partial charge in [0.2, 0.25) is 0 Å². The van der Waals surface area contributed by atoms with E-state index in [0.717, 1.165) is 0 Å². The van der Waals surface area contributed by atoms with Crippen molar-refractivity contribution in [1.29, 1.82) is 0 Å². The highest BCUT2D eigenvalue weighted by molar-refractivity contribution is 5.24. The summed E-state index contributed by atoms with van der Waals surface area (Å²) in [4.78, 5) is 17.7. The zero-order valence-corrected chi connectivity index (χ0v) is 5.15. The van der Waals surface area contributed by atoms with E-state index in [4.69, 9.17) is 5.53 Å². The van der Waals surface area contributed by atoms with E-state index in [1.807, 2.05) is 4.98 Å². The fraction of sp³-hybridized carbons (Fsp3) is 0. The van der Waals surface area contributed by atoms with Gasteiger partial charge in [0, 0.05) is 4.91 Å². The molecule has 56 valence electrons. The van der Waals surface area contributed by atoms with Crippen LogP contribution in [0.5, 0.6) is 0 Å². The van der Waals surface area contributed by atoms with Crippen molar-refractivity contribution in [2.45, 2.75) is 0 Å². The molecule has 1 rings (SSSR count). The number of hydrogen-bond donors (Lipinski definition) is 1. The summed E-state index contributed by atoms with van der Waals surface area (Å²) in [7, 11) is 0. The van der Waals surface area contributed by atoms with E-state index in [9.17, 15) is 9.18 Å². The molecule has 0 saturated heterocycles. The van der Waals surface area contributed by atoms with Crippen LogP contribution >= 0.6 is 0 Å². The van der Waals surface area contributed by atoms with Gasteiger partial charge in [0.25, 0.3) is 0 Å². The molecular formula is C4H2FN5O. The Bertz CT molecular complexity index is 365. The topological polar surface area (TPSA) is 94.5 Å². The third-order valence-corrected chi connectivity index (χ3v) is 0.891. The van der Waals surface area contributed by atoms with E-state index in [2.05, 4.69) is 15.0 Å². The third kappa shape index (κ3) is 1.53. The first-order valence-corrected chi connectivity index (χ1v) is 2.54. The molecule has 1 N–H and O–H groups in total. The molecule has 0 spiro atoms. The third-order valence-electron chi connectivity index (χ3n) is 0.891. The Balaban J connectivity index is 3.34. The first kappa shape index (κ1) is 7.23. The van der Waals surface area contributed by atoms with E-state index < -0.39 is 17.3 Å². The van der Waals surface area contributed by atoms with Crippen LogP contribution in [0.4, 0.5) is 10.2 Å². The van der Waals surface area contributed by atoms with Crippen LogP contribution in [0, 0.1) is 5.82 Å². The Morgan fingerprint density at radius 2 is 2.55 bits per heavy atom. The number of hydrogen-bond acceptors (Lipinski definition) is 3. The second-order valence-electron chi connectivity index (χ2n) is 1.57. The van der Waals surface area contributed by atoms with Crippen LogP contribution in [0.15, 0.2) is 16.1 Å². The minimum atomic E-state index is -0.859. The standard InChI is InChI=1S/C4H2FN5O/c5-2-1-7-4(11)8-3(2)9-10-6/h1H,(H,7,8,11).